The first-order valence-corrected chi connectivity index (χ1v) is 9.71. The molecule has 1 saturated heterocycles. The van der Waals surface area contributed by atoms with Crippen molar-refractivity contribution in [1.82, 2.24) is 45.2 Å². The van der Waals surface area contributed by atoms with Gasteiger partial charge in [-0.25, -0.2) is 19.3 Å². The molecule has 1 aliphatic heterocycles. The van der Waals surface area contributed by atoms with E-state index in [0.29, 0.717) is 30.3 Å². The lowest BCUT2D eigenvalue weighted by atomic mass is 9.96. The normalized spacial score (nSPS) is 20.4. The van der Waals surface area contributed by atoms with Crippen molar-refractivity contribution in [3.8, 4) is 0 Å². The number of aliphatic hydroxyl groups is 1. The first kappa shape index (κ1) is 17.4. The summed E-state index contributed by atoms with van der Waals surface area (Å²) in [6, 6.07) is 0.390. The molecule has 0 amide bonds. The fraction of sp³-hybridized carbons (Fsp3) is 0.706. The van der Waals surface area contributed by atoms with E-state index in [1.807, 2.05) is 4.68 Å². The Hall–Kier alpha value is -2.69. The number of anilines is 1. The number of aromatic nitrogens is 9. The standard InChI is InChI=1S/C17H24N10O/c1-17(2,3)16-18-14(25-7-6-11(28)8-25)13-15(19-16)26(23-21-13)9-12-20-22-24-27(12)10-4-5-10/h10-11,28H,4-9H2,1-3H3/t11-/m0/s1. The highest BCUT2D eigenvalue weighted by Gasteiger charge is 2.30. The van der Waals surface area contributed by atoms with Gasteiger partial charge in [-0.3, -0.25) is 0 Å². The average molecular weight is 384 g/mol. The van der Waals surface area contributed by atoms with Gasteiger partial charge in [-0.15, -0.1) is 10.2 Å². The molecule has 4 heterocycles. The second kappa shape index (κ2) is 6.16. The fourth-order valence-corrected chi connectivity index (χ4v) is 3.49. The molecule has 11 heteroatoms. The first-order chi connectivity index (χ1) is 13.4. The topological polar surface area (TPSA) is 124 Å². The second-order valence-corrected chi connectivity index (χ2v) is 8.70. The molecule has 1 N–H and O–H groups in total. The quantitative estimate of drug-likeness (QED) is 0.683. The van der Waals surface area contributed by atoms with E-state index in [-0.39, 0.29) is 11.5 Å². The lowest BCUT2D eigenvalue weighted by molar-refractivity contribution is 0.198. The van der Waals surface area contributed by atoms with E-state index >= 15 is 0 Å². The van der Waals surface area contributed by atoms with Crippen molar-refractivity contribution in [2.24, 2.45) is 0 Å². The van der Waals surface area contributed by atoms with Gasteiger partial charge in [0, 0.05) is 18.5 Å². The highest BCUT2D eigenvalue weighted by molar-refractivity contribution is 5.83. The molecule has 5 rings (SSSR count). The van der Waals surface area contributed by atoms with E-state index in [0.717, 1.165) is 43.3 Å². The maximum atomic E-state index is 9.98. The fourth-order valence-electron chi connectivity index (χ4n) is 3.49. The van der Waals surface area contributed by atoms with E-state index in [9.17, 15) is 5.11 Å². The molecule has 3 aromatic rings. The van der Waals surface area contributed by atoms with Crippen LogP contribution >= 0.6 is 0 Å². The number of fused-ring (bicyclic) bond motifs is 1. The molecule has 1 saturated carbocycles. The molecule has 2 aliphatic rings. The number of aliphatic hydroxyl groups excluding tert-OH is 1. The molecule has 0 unspecified atom stereocenters. The highest BCUT2D eigenvalue weighted by Crippen LogP contribution is 2.35. The molecule has 28 heavy (non-hydrogen) atoms. The van der Waals surface area contributed by atoms with Crippen LogP contribution in [-0.4, -0.2) is 69.5 Å². The van der Waals surface area contributed by atoms with Gasteiger partial charge in [0.15, 0.2) is 22.8 Å². The minimum Gasteiger partial charge on any atom is -0.391 e. The second-order valence-electron chi connectivity index (χ2n) is 8.70. The van der Waals surface area contributed by atoms with Gasteiger partial charge in [0.1, 0.15) is 12.4 Å². The predicted molar refractivity (Wildman–Crippen MR) is 99.8 cm³/mol. The van der Waals surface area contributed by atoms with Crippen LogP contribution in [0.25, 0.3) is 11.2 Å². The monoisotopic (exact) mass is 384 g/mol. The molecule has 0 spiro atoms. The van der Waals surface area contributed by atoms with Crippen molar-refractivity contribution in [3.05, 3.63) is 11.6 Å². The number of β-amino-alcohol motifs (C(OH)–C–C–N with tert-alkyl or cyclic N) is 1. The maximum Gasteiger partial charge on any atom is 0.184 e. The third-order valence-electron chi connectivity index (χ3n) is 5.22. The van der Waals surface area contributed by atoms with Crippen LogP contribution in [0.2, 0.25) is 0 Å². The molecule has 2 fully saturated rings. The molecular weight excluding hydrogens is 360 g/mol. The van der Waals surface area contributed by atoms with Crippen molar-refractivity contribution < 1.29 is 5.11 Å². The van der Waals surface area contributed by atoms with Crippen LogP contribution in [0.4, 0.5) is 5.82 Å². The van der Waals surface area contributed by atoms with Gasteiger partial charge in [0.05, 0.1) is 12.1 Å². The highest BCUT2D eigenvalue weighted by atomic mass is 16.3. The summed E-state index contributed by atoms with van der Waals surface area (Å²) in [5, 5.41) is 30.8. The summed E-state index contributed by atoms with van der Waals surface area (Å²) in [7, 11) is 0. The third-order valence-corrected chi connectivity index (χ3v) is 5.22. The van der Waals surface area contributed by atoms with E-state index in [1.54, 1.807) is 4.68 Å². The minimum atomic E-state index is -0.346. The number of tetrazole rings is 1. The van der Waals surface area contributed by atoms with Gasteiger partial charge >= 0.3 is 0 Å². The molecule has 11 nitrogen and oxygen atoms in total. The Kier molecular flexibility index (Phi) is 3.83. The van der Waals surface area contributed by atoms with Crippen molar-refractivity contribution in [3.63, 3.8) is 0 Å². The Morgan fingerprint density at radius 1 is 1.07 bits per heavy atom. The smallest absolute Gasteiger partial charge is 0.184 e. The molecule has 1 aliphatic carbocycles. The summed E-state index contributed by atoms with van der Waals surface area (Å²) in [4.78, 5) is 11.7. The Balaban J connectivity index is 1.60. The number of hydrogen-bond donors (Lipinski definition) is 1. The molecule has 148 valence electrons. The Morgan fingerprint density at radius 2 is 1.89 bits per heavy atom. The summed E-state index contributed by atoms with van der Waals surface area (Å²) >= 11 is 0. The van der Waals surface area contributed by atoms with E-state index in [4.69, 9.17) is 9.97 Å². The number of rotatable bonds is 4. The van der Waals surface area contributed by atoms with Crippen molar-refractivity contribution in [2.75, 3.05) is 18.0 Å². The zero-order valence-corrected chi connectivity index (χ0v) is 16.3. The van der Waals surface area contributed by atoms with Crippen LogP contribution in [0.15, 0.2) is 0 Å². The van der Waals surface area contributed by atoms with Gasteiger partial charge in [-0.05, 0) is 29.7 Å². The number of hydrogen-bond acceptors (Lipinski definition) is 9. The van der Waals surface area contributed by atoms with Crippen LogP contribution in [-0.2, 0) is 12.0 Å². The van der Waals surface area contributed by atoms with Gasteiger partial charge in [0.2, 0.25) is 0 Å². The summed E-state index contributed by atoms with van der Waals surface area (Å²) in [6.07, 6.45) is 2.59. The average Bonchev–Trinajstić information content (AvgIpc) is 3.03. The van der Waals surface area contributed by atoms with Crippen molar-refractivity contribution >= 4 is 17.0 Å². The summed E-state index contributed by atoms with van der Waals surface area (Å²) in [6.45, 7) is 7.93. The Morgan fingerprint density at radius 3 is 2.57 bits per heavy atom. The van der Waals surface area contributed by atoms with Crippen molar-refractivity contribution in [2.45, 2.75) is 64.1 Å². The number of nitrogens with zero attached hydrogens (tertiary/aromatic N) is 10. The van der Waals surface area contributed by atoms with Crippen molar-refractivity contribution in [1.29, 1.82) is 0 Å². The lowest BCUT2D eigenvalue weighted by Gasteiger charge is -2.21. The van der Waals surface area contributed by atoms with Crippen LogP contribution in [0.1, 0.15) is 57.7 Å². The predicted octanol–water partition coefficient (Wildman–Crippen LogP) is 0.459. The molecule has 0 aromatic carbocycles. The Labute approximate surface area is 161 Å². The molecule has 1 atom stereocenters. The molecule has 3 aromatic heterocycles. The largest absolute Gasteiger partial charge is 0.391 e. The summed E-state index contributed by atoms with van der Waals surface area (Å²) in [5.41, 5.74) is 1.08. The summed E-state index contributed by atoms with van der Waals surface area (Å²) in [5.74, 6) is 2.21. The van der Waals surface area contributed by atoms with Crippen LogP contribution in [0, 0.1) is 0 Å². The van der Waals surface area contributed by atoms with Gasteiger partial charge < -0.3 is 10.0 Å². The Bertz CT molecular complexity index is 1010. The zero-order chi connectivity index (χ0) is 19.5. The van der Waals surface area contributed by atoms with Gasteiger partial charge in [0.25, 0.3) is 0 Å². The molecule has 0 bridgehead atoms. The summed E-state index contributed by atoms with van der Waals surface area (Å²) < 4.78 is 3.62. The SMILES string of the molecule is CC(C)(C)c1nc(N2CC[C@H](O)C2)c2nnn(Cc3nnnn3C3CC3)c2n1. The van der Waals surface area contributed by atoms with E-state index < -0.39 is 0 Å². The maximum absolute atomic E-state index is 9.98. The van der Waals surface area contributed by atoms with E-state index in [1.165, 1.54) is 0 Å². The first-order valence-electron chi connectivity index (χ1n) is 9.71. The van der Waals surface area contributed by atoms with Gasteiger partial charge in [-0.2, -0.15) is 0 Å². The van der Waals surface area contributed by atoms with Crippen LogP contribution < -0.4 is 4.90 Å². The zero-order valence-electron chi connectivity index (χ0n) is 16.3. The van der Waals surface area contributed by atoms with E-state index in [2.05, 4.69) is 51.5 Å². The molecular formula is C17H24N10O. The lowest BCUT2D eigenvalue weighted by Crippen LogP contribution is -2.25. The molecule has 0 radical (unpaired) electrons. The van der Waals surface area contributed by atoms with Crippen LogP contribution in [0.3, 0.4) is 0 Å². The van der Waals surface area contributed by atoms with Gasteiger partial charge in [-0.1, -0.05) is 26.0 Å². The minimum absolute atomic E-state index is 0.230. The third kappa shape index (κ3) is 2.99. The van der Waals surface area contributed by atoms with Crippen LogP contribution in [0.5, 0.6) is 0 Å².